The van der Waals surface area contributed by atoms with Crippen LogP contribution in [-0.2, 0) is 11.8 Å². The second kappa shape index (κ2) is 8.19. The maximum atomic E-state index is 5.78. The van der Waals surface area contributed by atoms with Crippen molar-refractivity contribution < 1.29 is 4.74 Å². The fourth-order valence-corrected chi connectivity index (χ4v) is 4.57. The number of ether oxygens (including phenoxy) is 1. The largest absolute Gasteiger partial charge is 0.379 e. The minimum Gasteiger partial charge on any atom is -0.379 e. The molecule has 150 valence electrons. The van der Waals surface area contributed by atoms with E-state index in [4.69, 9.17) is 17.0 Å². The van der Waals surface area contributed by atoms with Gasteiger partial charge in [-0.25, -0.2) is 0 Å². The molecule has 0 spiro atoms. The Balaban J connectivity index is 1.64. The van der Waals surface area contributed by atoms with Crippen LogP contribution in [0.4, 0.5) is 0 Å². The number of nitrogens with one attached hydrogen (secondary N) is 1. The summed E-state index contributed by atoms with van der Waals surface area (Å²) in [6.07, 6.45) is 1.86. The molecule has 0 radical (unpaired) electrons. The van der Waals surface area contributed by atoms with Crippen molar-refractivity contribution >= 4 is 17.3 Å². The number of nitrogens with zero attached hydrogens (tertiary/aromatic N) is 4. The van der Waals surface area contributed by atoms with E-state index in [1.54, 1.807) is 0 Å². The molecule has 0 aromatic carbocycles. The highest BCUT2D eigenvalue weighted by Crippen LogP contribution is 2.40. The molecule has 2 aliphatic heterocycles. The molecule has 2 unspecified atom stereocenters. The van der Waals surface area contributed by atoms with Gasteiger partial charge in [0.05, 0.1) is 31.0 Å². The van der Waals surface area contributed by atoms with Crippen molar-refractivity contribution in [2.75, 3.05) is 39.4 Å². The Morgan fingerprint density at radius 3 is 2.64 bits per heavy atom. The summed E-state index contributed by atoms with van der Waals surface area (Å²) in [5, 5.41) is 4.37. The summed E-state index contributed by atoms with van der Waals surface area (Å²) in [7, 11) is 2.13. The minimum absolute atomic E-state index is 0.0545. The first-order chi connectivity index (χ1) is 13.6. The number of pyridine rings is 1. The fraction of sp³-hybridized carbons (Fsp3) is 0.524. The molecular formula is C21H29N5OS. The summed E-state index contributed by atoms with van der Waals surface area (Å²) in [5.41, 5.74) is 4.90. The molecule has 0 amide bonds. The van der Waals surface area contributed by atoms with Crippen molar-refractivity contribution in [3.05, 3.63) is 53.1 Å². The van der Waals surface area contributed by atoms with E-state index in [-0.39, 0.29) is 12.1 Å². The van der Waals surface area contributed by atoms with Gasteiger partial charge in [-0.3, -0.25) is 9.88 Å². The Kier molecular flexibility index (Phi) is 5.66. The molecular weight excluding hydrogens is 370 g/mol. The quantitative estimate of drug-likeness (QED) is 0.779. The lowest BCUT2D eigenvalue weighted by Crippen LogP contribution is -2.42. The summed E-state index contributed by atoms with van der Waals surface area (Å²) in [6.45, 7) is 9.86. The third-order valence-electron chi connectivity index (χ3n) is 6.09. The van der Waals surface area contributed by atoms with Gasteiger partial charge in [-0.15, -0.1) is 0 Å². The summed E-state index contributed by atoms with van der Waals surface area (Å²) in [5.74, 6) is 0. The van der Waals surface area contributed by atoms with Crippen LogP contribution in [0.25, 0.3) is 0 Å². The number of aromatic nitrogens is 2. The molecule has 4 rings (SSSR count). The first-order valence-electron chi connectivity index (χ1n) is 9.97. The standard InChI is InChI=1S/C21H29N5OS/c1-15-14-17(16(2)24(15)3)20-19(18-6-4-5-7-22-18)23-21(28)26(20)9-8-25-10-12-27-13-11-25/h4-7,14,19-20H,8-13H2,1-3H3,(H,23,28). The zero-order valence-electron chi connectivity index (χ0n) is 16.9. The third kappa shape index (κ3) is 3.66. The van der Waals surface area contributed by atoms with Crippen LogP contribution in [0, 0.1) is 13.8 Å². The van der Waals surface area contributed by atoms with Gasteiger partial charge in [0.2, 0.25) is 0 Å². The van der Waals surface area contributed by atoms with E-state index in [2.05, 4.69) is 57.7 Å². The second-order valence-electron chi connectivity index (χ2n) is 7.66. The Morgan fingerprint density at radius 2 is 2.00 bits per heavy atom. The van der Waals surface area contributed by atoms with Crippen LogP contribution < -0.4 is 5.32 Å². The summed E-state index contributed by atoms with van der Waals surface area (Å²) in [6, 6.07) is 8.59. The third-order valence-corrected chi connectivity index (χ3v) is 6.44. The van der Waals surface area contributed by atoms with Gasteiger partial charge >= 0.3 is 0 Å². The number of hydrogen-bond acceptors (Lipinski definition) is 4. The highest BCUT2D eigenvalue weighted by Gasteiger charge is 2.41. The van der Waals surface area contributed by atoms with Gasteiger partial charge in [-0.1, -0.05) is 6.07 Å². The first-order valence-corrected chi connectivity index (χ1v) is 10.4. The molecule has 2 aliphatic rings. The van der Waals surface area contributed by atoms with E-state index < -0.39 is 0 Å². The molecule has 2 fully saturated rings. The van der Waals surface area contributed by atoms with E-state index in [0.717, 1.165) is 50.2 Å². The van der Waals surface area contributed by atoms with E-state index in [1.165, 1.54) is 17.0 Å². The number of hydrogen-bond donors (Lipinski definition) is 1. The van der Waals surface area contributed by atoms with E-state index >= 15 is 0 Å². The maximum absolute atomic E-state index is 5.78. The van der Waals surface area contributed by atoms with Gasteiger partial charge in [-0.2, -0.15) is 0 Å². The van der Waals surface area contributed by atoms with Crippen LogP contribution in [0.3, 0.4) is 0 Å². The van der Waals surface area contributed by atoms with Crippen LogP contribution in [0.15, 0.2) is 30.5 Å². The zero-order chi connectivity index (χ0) is 19.7. The molecule has 2 saturated heterocycles. The lowest BCUT2D eigenvalue weighted by atomic mass is 9.97. The molecule has 7 heteroatoms. The Labute approximate surface area is 172 Å². The lowest BCUT2D eigenvalue weighted by Gasteiger charge is -2.32. The van der Waals surface area contributed by atoms with Gasteiger partial charge < -0.3 is 19.5 Å². The Hall–Kier alpha value is -1.96. The predicted molar refractivity (Wildman–Crippen MR) is 114 cm³/mol. The highest BCUT2D eigenvalue weighted by atomic mass is 32.1. The molecule has 2 aromatic heterocycles. The Bertz CT molecular complexity index is 831. The lowest BCUT2D eigenvalue weighted by molar-refractivity contribution is 0.0350. The molecule has 0 saturated carbocycles. The van der Waals surface area contributed by atoms with Gasteiger partial charge in [0, 0.05) is 50.8 Å². The van der Waals surface area contributed by atoms with Crippen LogP contribution >= 0.6 is 12.2 Å². The molecule has 0 aliphatic carbocycles. The monoisotopic (exact) mass is 399 g/mol. The fourth-order valence-electron chi connectivity index (χ4n) is 4.24. The number of thiocarbonyl (C=S) groups is 1. The second-order valence-corrected chi connectivity index (χ2v) is 8.05. The molecule has 4 heterocycles. The molecule has 28 heavy (non-hydrogen) atoms. The molecule has 2 atom stereocenters. The maximum Gasteiger partial charge on any atom is 0.170 e. The summed E-state index contributed by atoms with van der Waals surface area (Å²) < 4.78 is 7.74. The van der Waals surface area contributed by atoms with E-state index in [1.807, 2.05) is 18.3 Å². The average molecular weight is 400 g/mol. The number of rotatable bonds is 5. The van der Waals surface area contributed by atoms with Crippen molar-refractivity contribution in [1.82, 2.24) is 24.7 Å². The first kappa shape index (κ1) is 19.4. The van der Waals surface area contributed by atoms with E-state index in [9.17, 15) is 0 Å². The van der Waals surface area contributed by atoms with E-state index in [0.29, 0.717) is 0 Å². The zero-order valence-corrected chi connectivity index (χ0v) is 17.7. The van der Waals surface area contributed by atoms with Gasteiger partial charge in [-0.05, 0) is 49.8 Å². The van der Waals surface area contributed by atoms with Crippen molar-refractivity contribution in [1.29, 1.82) is 0 Å². The number of morpholine rings is 1. The molecule has 1 N–H and O–H groups in total. The van der Waals surface area contributed by atoms with Gasteiger partial charge in [0.25, 0.3) is 0 Å². The summed E-state index contributed by atoms with van der Waals surface area (Å²) >= 11 is 5.78. The highest BCUT2D eigenvalue weighted by molar-refractivity contribution is 7.80. The van der Waals surface area contributed by atoms with Crippen LogP contribution in [0.1, 0.15) is 34.7 Å². The van der Waals surface area contributed by atoms with Crippen LogP contribution in [-0.4, -0.2) is 63.9 Å². The van der Waals surface area contributed by atoms with Crippen molar-refractivity contribution in [3.63, 3.8) is 0 Å². The van der Waals surface area contributed by atoms with Crippen molar-refractivity contribution in [2.24, 2.45) is 7.05 Å². The molecule has 6 nitrogen and oxygen atoms in total. The summed E-state index contributed by atoms with van der Waals surface area (Å²) in [4.78, 5) is 9.44. The van der Waals surface area contributed by atoms with Crippen molar-refractivity contribution in [3.8, 4) is 0 Å². The molecule has 0 bridgehead atoms. The van der Waals surface area contributed by atoms with Crippen LogP contribution in [0.5, 0.6) is 0 Å². The molecule has 2 aromatic rings. The van der Waals surface area contributed by atoms with Gasteiger partial charge in [0.1, 0.15) is 0 Å². The number of aryl methyl sites for hydroxylation is 1. The van der Waals surface area contributed by atoms with Crippen LogP contribution in [0.2, 0.25) is 0 Å². The van der Waals surface area contributed by atoms with Gasteiger partial charge in [0.15, 0.2) is 5.11 Å². The predicted octanol–water partition coefficient (Wildman–Crippen LogP) is 2.34. The normalized spacial score (nSPS) is 23.2. The smallest absolute Gasteiger partial charge is 0.170 e. The van der Waals surface area contributed by atoms with Crippen molar-refractivity contribution in [2.45, 2.75) is 25.9 Å². The SMILES string of the molecule is Cc1cc(C2C(c3ccccn3)NC(=S)N2CCN2CCOCC2)c(C)n1C. The minimum atomic E-state index is 0.0545. The average Bonchev–Trinajstić information content (AvgIpc) is 3.18. The topological polar surface area (TPSA) is 45.6 Å². The Morgan fingerprint density at radius 1 is 1.21 bits per heavy atom.